The first kappa shape index (κ1) is 20.5. The molecule has 0 heterocycles. The number of hydrogen-bond donors (Lipinski definition) is 2. The molecule has 0 fully saturated rings. The maximum Gasteiger partial charge on any atom is 0.344 e. The lowest BCUT2D eigenvalue weighted by atomic mass is 10.0. The van der Waals surface area contributed by atoms with Crippen molar-refractivity contribution in [2.45, 2.75) is 46.6 Å². The molecule has 3 amide bonds. The van der Waals surface area contributed by atoms with Crippen molar-refractivity contribution >= 4 is 17.9 Å². The highest BCUT2D eigenvalue weighted by molar-refractivity contribution is 5.97. The summed E-state index contributed by atoms with van der Waals surface area (Å²) < 4.78 is 10.5. The number of carbonyl (C=O) groups is 3. The van der Waals surface area contributed by atoms with E-state index in [0.29, 0.717) is 12.3 Å². The first-order valence-electron chi connectivity index (χ1n) is 8.26. The lowest BCUT2D eigenvalue weighted by Gasteiger charge is -2.16. The van der Waals surface area contributed by atoms with E-state index >= 15 is 0 Å². The summed E-state index contributed by atoms with van der Waals surface area (Å²) in [7, 11) is 0. The van der Waals surface area contributed by atoms with E-state index < -0.39 is 24.0 Å². The number of ether oxygens (including phenoxy) is 2. The molecular formula is C18H26N2O5. The summed E-state index contributed by atoms with van der Waals surface area (Å²) in [6, 6.07) is 5.17. The predicted molar refractivity (Wildman–Crippen MR) is 93.5 cm³/mol. The Balaban J connectivity index is 2.56. The Morgan fingerprint density at radius 1 is 1.16 bits per heavy atom. The van der Waals surface area contributed by atoms with Crippen molar-refractivity contribution in [3.8, 4) is 5.75 Å². The van der Waals surface area contributed by atoms with Crippen LogP contribution in [0.25, 0.3) is 0 Å². The van der Waals surface area contributed by atoms with E-state index in [1.807, 2.05) is 39.0 Å². The van der Waals surface area contributed by atoms with Crippen LogP contribution in [0.5, 0.6) is 5.75 Å². The number of esters is 1. The fourth-order valence-corrected chi connectivity index (χ4v) is 2.08. The van der Waals surface area contributed by atoms with Gasteiger partial charge >= 0.3 is 12.0 Å². The molecule has 2 N–H and O–H groups in total. The monoisotopic (exact) mass is 350 g/mol. The Morgan fingerprint density at radius 2 is 1.84 bits per heavy atom. The number of hydrogen-bond acceptors (Lipinski definition) is 5. The average molecular weight is 350 g/mol. The number of aryl methyl sites for hydroxylation is 1. The third kappa shape index (κ3) is 6.82. The highest BCUT2D eigenvalue weighted by Gasteiger charge is 2.20. The van der Waals surface area contributed by atoms with Gasteiger partial charge in [0.25, 0.3) is 5.91 Å². The molecule has 1 atom stereocenters. The van der Waals surface area contributed by atoms with Gasteiger partial charge in [0.15, 0.2) is 12.7 Å². The Labute approximate surface area is 148 Å². The van der Waals surface area contributed by atoms with Crippen LogP contribution in [-0.4, -0.2) is 37.2 Å². The lowest BCUT2D eigenvalue weighted by molar-refractivity contribution is -0.156. The zero-order chi connectivity index (χ0) is 19.0. The second-order valence-electron chi connectivity index (χ2n) is 5.97. The third-order valence-electron chi connectivity index (χ3n) is 3.39. The summed E-state index contributed by atoms with van der Waals surface area (Å²) in [4.78, 5) is 34.9. The Morgan fingerprint density at radius 3 is 2.44 bits per heavy atom. The normalized spacial score (nSPS) is 11.6. The van der Waals surface area contributed by atoms with E-state index in [1.165, 1.54) is 6.92 Å². The topological polar surface area (TPSA) is 93.7 Å². The number of carbonyl (C=O) groups excluding carboxylic acids is 3. The van der Waals surface area contributed by atoms with Crippen molar-refractivity contribution in [2.75, 3.05) is 13.2 Å². The van der Waals surface area contributed by atoms with Gasteiger partial charge in [-0.15, -0.1) is 0 Å². The first-order valence-corrected chi connectivity index (χ1v) is 8.26. The van der Waals surface area contributed by atoms with Gasteiger partial charge in [0.05, 0.1) is 0 Å². The molecule has 0 aliphatic heterocycles. The number of benzene rings is 1. The summed E-state index contributed by atoms with van der Waals surface area (Å²) in [6.07, 6.45) is -1.10. The number of nitrogens with one attached hydrogen (secondary N) is 2. The predicted octanol–water partition coefficient (Wildman–Crippen LogP) is 2.27. The number of amides is 3. The zero-order valence-electron chi connectivity index (χ0n) is 15.3. The van der Waals surface area contributed by atoms with Gasteiger partial charge in [-0.3, -0.25) is 10.1 Å². The van der Waals surface area contributed by atoms with Crippen molar-refractivity contribution in [2.24, 2.45) is 0 Å². The molecular weight excluding hydrogens is 324 g/mol. The lowest BCUT2D eigenvalue weighted by Crippen LogP contribution is -2.44. The van der Waals surface area contributed by atoms with Crippen molar-refractivity contribution in [3.05, 3.63) is 29.3 Å². The van der Waals surface area contributed by atoms with E-state index in [0.717, 1.165) is 11.1 Å². The fourth-order valence-electron chi connectivity index (χ4n) is 2.08. The van der Waals surface area contributed by atoms with Gasteiger partial charge in [-0.1, -0.05) is 26.0 Å². The molecule has 0 saturated heterocycles. The van der Waals surface area contributed by atoms with Gasteiger partial charge in [0.1, 0.15) is 5.75 Å². The molecule has 0 aliphatic carbocycles. The third-order valence-corrected chi connectivity index (χ3v) is 3.39. The van der Waals surface area contributed by atoms with Crippen LogP contribution in [0.15, 0.2) is 18.2 Å². The second-order valence-corrected chi connectivity index (χ2v) is 5.97. The molecule has 7 heteroatoms. The Hall–Kier alpha value is -2.57. The van der Waals surface area contributed by atoms with E-state index in [-0.39, 0.29) is 12.5 Å². The number of rotatable bonds is 7. The second kappa shape index (κ2) is 9.66. The summed E-state index contributed by atoms with van der Waals surface area (Å²) in [5.41, 5.74) is 2.00. The minimum atomic E-state index is -1.10. The molecule has 1 aromatic carbocycles. The summed E-state index contributed by atoms with van der Waals surface area (Å²) in [6.45, 7) is 9.17. The minimum Gasteiger partial charge on any atom is -0.482 e. The summed E-state index contributed by atoms with van der Waals surface area (Å²) >= 11 is 0. The molecule has 0 aromatic heterocycles. The highest BCUT2D eigenvalue weighted by atomic mass is 16.6. The number of urea groups is 1. The van der Waals surface area contributed by atoms with Crippen molar-refractivity contribution < 1.29 is 23.9 Å². The van der Waals surface area contributed by atoms with Crippen LogP contribution in [-0.2, 0) is 14.3 Å². The van der Waals surface area contributed by atoms with Crippen LogP contribution in [0.2, 0.25) is 0 Å². The largest absolute Gasteiger partial charge is 0.482 e. The maximum absolute atomic E-state index is 11.9. The van der Waals surface area contributed by atoms with E-state index in [1.54, 1.807) is 6.92 Å². The molecule has 7 nitrogen and oxygen atoms in total. The van der Waals surface area contributed by atoms with Crippen molar-refractivity contribution in [3.63, 3.8) is 0 Å². The summed E-state index contributed by atoms with van der Waals surface area (Å²) in [5.74, 6) is -0.521. The Kier molecular flexibility index (Phi) is 7.91. The van der Waals surface area contributed by atoms with Crippen LogP contribution >= 0.6 is 0 Å². The van der Waals surface area contributed by atoms with E-state index in [4.69, 9.17) is 9.47 Å². The SMILES string of the molecule is CCNC(=O)NC(=O)C(C)OC(=O)COc1cc(C)ccc1C(C)C. The average Bonchev–Trinajstić information content (AvgIpc) is 2.52. The number of imide groups is 1. The van der Waals surface area contributed by atoms with Gasteiger partial charge < -0.3 is 14.8 Å². The van der Waals surface area contributed by atoms with Crippen LogP contribution in [0.3, 0.4) is 0 Å². The fraction of sp³-hybridized carbons (Fsp3) is 0.500. The highest BCUT2D eigenvalue weighted by Crippen LogP contribution is 2.27. The standard InChI is InChI=1S/C18H26N2O5/c1-6-19-18(23)20-17(22)13(5)25-16(21)10-24-15-9-12(4)7-8-14(15)11(2)3/h7-9,11,13H,6,10H2,1-5H3,(H2,19,20,22,23). The zero-order valence-corrected chi connectivity index (χ0v) is 15.3. The van der Waals surface area contributed by atoms with E-state index in [2.05, 4.69) is 10.6 Å². The molecule has 1 unspecified atom stereocenters. The molecule has 0 bridgehead atoms. The van der Waals surface area contributed by atoms with Crippen LogP contribution in [0, 0.1) is 6.92 Å². The first-order chi connectivity index (χ1) is 11.7. The molecule has 0 saturated carbocycles. The maximum atomic E-state index is 11.9. The molecule has 25 heavy (non-hydrogen) atoms. The minimum absolute atomic E-state index is 0.244. The van der Waals surface area contributed by atoms with Crippen molar-refractivity contribution in [1.82, 2.24) is 10.6 Å². The molecule has 138 valence electrons. The van der Waals surface area contributed by atoms with Gasteiger partial charge in [-0.25, -0.2) is 9.59 Å². The molecule has 0 aliphatic rings. The van der Waals surface area contributed by atoms with Crippen LogP contribution in [0.1, 0.15) is 44.7 Å². The van der Waals surface area contributed by atoms with Crippen LogP contribution < -0.4 is 15.4 Å². The van der Waals surface area contributed by atoms with Gasteiger partial charge in [0.2, 0.25) is 0 Å². The quantitative estimate of drug-likeness (QED) is 0.736. The van der Waals surface area contributed by atoms with E-state index in [9.17, 15) is 14.4 Å². The molecule has 1 rings (SSSR count). The molecule has 0 radical (unpaired) electrons. The smallest absolute Gasteiger partial charge is 0.344 e. The summed E-state index contributed by atoms with van der Waals surface area (Å²) in [5, 5.41) is 4.50. The molecule has 1 aromatic rings. The van der Waals surface area contributed by atoms with Gasteiger partial charge in [-0.2, -0.15) is 0 Å². The van der Waals surface area contributed by atoms with Crippen molar-refractivity contribution in [1.29, 1.82) is 0 Å². The van der Waals surface area contributed by atoms with Gasteiger partial charge in [-0.05, 0) is 43.9 Å². The Bertz CT molecular complexity index is 628. The van der Waals surface area contributed by atoms with Gasteiger partial charge in [0, 0.05) is 6.54 Å². The van der Waals surface area contributed by atoms with Crippen LogP contribution in [0.4, 0.5) is 4.79 Å². The molecule has 0 spiro atoms.